The molecule has 2 aromatic heterocycles. The number of imidazole rings is 2. The Hall–Kier alpha value is -8.15. The van der Waals surface area contributed by atoms with Gasteiger partial charge in [0, 0.05) is 103 Å². The van der Waals surface area contributed by atoms with Crippen molar-refractivity contribution in [2.45, 2.75) is 128 Å². The molecule has 4 atom stereocenters. The Labute approximate surface area is 487 Å². The molecule has 2 fully saturated rings. The van der Waals surface area contributed by atoms with E-state index in [2.05, 4.69) is 87.3 Å². The van der Waals surface area contributed by atoms with Crippen molar-refractivity contribution in [1.29, 1.82) is 10.5 Å². The van der Waals surface area contributed by atoms with E-state index in [4.69, 9.17) is 29.9 Å². The number of likely N-dealkylation sites (tertiary alicyclic amines) is 2. The molecular formula is C67H78N10O6. The number of nitrogens with zero attached hydrogens (tertiary/aromatic N) is 8. The highest BCUT2D eigenvalue weighted by Gasteiger charge is 2.32. The number of aromatic nitrogens is 4. The third-order valence-corrected chi connectivity index (χ3v) is 15.7. The molecule has 2 aliphatic rings. The van der Waals surface area contributed by atoms with E-state index in [9.17, 15) is 24.9 Å². The molecule has 2 saturated heterocycles. The van der Waals surface area contributed by atoms with Crippen LogP contribution in [0.2, 0.25) is 0 Å². The van der Waals surface area contributed by atoms with Crippen molar-refractivity contribution in [3.8, 4) is 12.1 Å². The Morgan fingerprint density at radius 2 is 1.11 bits per heavy atom. The first-order valence-corrected chi connectivity index (χ1v) is 29.2. The van der Waals surface area contributed by atoms with Crippen molar-refractivity contribution >= 4 is 61.5 Å². The maximum Gasteiger partial charge on any atom is 0.407 e. The predicted octanol–water partition coefficient (Wildman–Crippen LogP) is 11.1. The molecule has 0 saturated carbocycles. The van der Waals surface area contributed by atoms with Crippen LogP contribution in [0, 0.1) is 22.7 Å². The Balaban J connectivity index is 0.000000202. The zero-order valence-corrected chi connectivity index (χ0v) is 48.7. The van der Waals surface area contributed by atoms with Crippen LogP contribution in [0.5, 0.6) is 0 Å². The summed E-state index contributed by atoms with van der Waals surface area (Å²) in [5.41, 5.74) is 12.9. The lowest BCUT2D eigenvalue weighted by atomic mass is 9.95. The molecule has 0 bridgehead atoms. The fourth-order valence-corrected chi connectivity index (χ4v) is 11.8. The molecule has 10 rings (SSSR count). The number of carbonyl (C=O) groups excluding carboxylic acids is 3. The Bertz CT molecular complexity index is 3640. The Kier molecular flexibility index (Phi) is 19.9. The van der Waals surface area contributed by atoms with Gasteiger partial charge in [-0.3, -0.25) is 9.59 Å². The third kappa shape index (κ3) is 15.5. The molecule has 4 heterocycles. The van der Waals surface area contributed by atoms with Gasteiger partial charge in [-0.2, -0.15) is 10.5 Å². The number of rotatable bonds is 19. The summed E-state index contributed by atoms with van der Waals surface area (Å²) in [5, 5.41) is 26.6. The van der Waals surface area contributed by atoms with Crippen LogP contribution in [0.1, 0.15) is 118 Å². The van der Waals surface area contributed by atoms with Gasteiger partial charge in [-0.15, -0.1) is 0 Å². The number of aryl methyl sites for hydroxylation is 2. The maximum absolute atomic E-state index is 13.9. The summed E-state index contributed by atoms with van der Waals surface area (Å²) in [4.78, 5) is 53.9. The number of nitrogens with one attached hydrogen (secondary N) is 1. The van der Waals surface area contributed by atoms with Crippen LogP contribution in [-0.2, 0) is 49.7 Å². The first-order chi connectivity index (χ1) is 40.2. The van der Waals surface area contributed by atoms with Crippen molar-refractivity contribution in [3.63, 3.8) is 0 Å². The quantitative estimate of drug-likeness (QED) is 0.0728. The molecule has 16 nitrogen and oxygen atoms in total. The van der Waals surface area contributed by atoms with E-state index < -0.39 is 17.7 Å². The van der Waals surface area contributed by atoms with Crippen molar-refractivity contribution < 1.29 is 28.6 Å². The number of alkyl carbamates (subject to hydrolysis) is 1. The average Bonchev–Trinajstić information content (AvgIpc) is 4.12. The second-order valence-corrected chi connectivity index (χ2v) is 23.2. The minimum absolute atomic E-state index is 0.00430. The van der Waals surface area contributed by atoms with Crippen LogP contribution < -0.4 is 11.1 Å². The van der Waals surface area contributed by atoms with Gasteiger partial charge in [-0.05, 0) is 141 Å². The summed E-state index contributed by atoms with van der Waals surface area (Å²) >= 11 is 0. The molecule has 0 spiro atoms. The summed E-state index contributed by atoms with van der Waals surface area (Å²) in [6.07, 6.45) is 6.48. The second-order valence-electron chi connectivity index (χ2n) is 23.2. The summed E-state index contributed by atoms with van der Waals surface area (Å²) in [5.74, 6) is 2.23. The van der Waals surface area contributed by atoms with Gasteiger partial charge in [0.2, 0.25) is 11.8 Å². The van der Waals surface area contributed by atoms with Gasteiger partial charge in [-0.1, -0.05) is 84.9 Å². The molecule has 0 aliphatic carbocycles. The average molecular weight is 1120 g/mol. The molecule has 8 aromatic rings. The van der Waals surface area contributed by atoms with Crippen LogP contribution in [0.3, 0.4) is 0 Å². The highest BCUT2D eigenvalue weighted by Crippen LogP contribution is 2.33. The minimum atomic E-state index is -0.648. The monoisotopic (exact) mass is 1120 g/mol. The number of hydrogen-bond donors (Lipinski definition) is 2. The summed E-state index contributed by atoms with van der Waals surface area (Å²) < 4.78 is 20.6. The lowest BCUT2D eigenvalue weighted by Crippen LogP contribution is -2.46. The van der Waals surface area contributed by atoms with Crippen molar-refractivity contribution in [1.82, 2.24) is 34.2 Å². The molecule has 432 valence electrons. The smallest absolute Gasteiger partial charge is 0.407 e. The number of carbonyl (C=O) groups is 3. The van der Waals surface area contributed by atoms with E-state index in [1.807, 2.05) is 85.2 Å². The minimum Gasteiger partial charge on any atom is -0.444 e. The standard InChI is InChI=1S/C36H43N5O4.C31H35N5O2/c1-36(2,3)45-35(43)38-30(20-25-12-14-27-9-5-6-10-28(27)19-25)22-33(42)40-16-7-11-29(24-40)34-39-31-15-13-26(23-37)21-32(31)41(34)17-8-18-44-4;1-38-15-5-14-36-29-18-23(20-32)10-12-28(29)34-31(36)26-8-4-13-35(21-26)30(37)19-27(33)17-22-9-11-24-6-2-3-7-25(24)16-22/h5-6,9-10,12-15,19,21,29-30H,7-8,11,16-18,20,22,24H2,1-4H3,(H,38,43);2-3,6-7,9-12,16,18,26-27H,4-5,8,13-15,17,19,21,33H2,1H3/t29-,30-;26-,27-/m11/s1. The Morgan fingerprint density at radius 3 is 1.58 bits per heavy atom. The van der Waals surface area contributed by atoms with Crippen LogP contribution in [0.4, 0.5) is 4.79 Å². The van der Waals surface area contributed by atoms with Crippen LogP contribution in [0.15, 0.2) is 121 Å². The number of amides is 3. The third-order valence-electron chi connectivity index (χ3n) is 15.7. The lowest BCUT2D eigenvalue weighted by Gasteiger charge is -2.34. The molecule has 6 aromatic carbocycles. The molecular weight excluding hydrogens is 1040 g/mol. The van der Waals surface area contributed by atoms with Gasteiger partial charge in [0.25, 0.3) is 0 Å². The van der Waals surface area contributed by atoms with Crippen molar-refractivity contribution in [3.05, 3.63) is 155 Å². The number of ether oxygens (including phenoxy) is 3. The number of nitrogens with two attached hydrogens (primary N) is 1. The first kappa shape index (κ1) is 59.5. The zero-order valence-electron chi connectivity index (χ0n) is 48.7. The number of fused-ring (bicyclic) bond motifs is 4. The summed E-state index contributed by atoms with van der Waals surface area (Å²) in [6, 6.07) is 44.1. The molecule has 16 heteroatoms. The second kappa shape index (κ2) is 27.7. The molecule has 0 unspecified atom stereocenters. The van der Waals surface area contributed by atoms with Crippen molar-refractivity contribution in [2.75, 3.05) is 53.6 Å². The van der Waals surface area contributed by atoms with E-state index in [1.54, 1.807) is 20.3 Å². The van der Waals surface area contributed by atoms with Gasteiger partial charge in [0.05, 0.1) is 45.3 Å². The SMILES string of the molecule is COCCCn1c([C@@H]2CCCN(C(=O)C[C@@H](Cc3ccc4ccccc4c3)NC(=O)OC(C)(C)C)C2)nc2ccc(C#N)cc21.COCCCn1c([C@@H]2CCCN(C(=O)C[C@H](N)Cc3ccc4ccccc4c3)C2)nc2ccc(C#N)cc21. The van der Waals surface area contributed by atoms with Gasteiger partial charge in [0.1, 0.15) is 17.2 Å². The lowest BCUT2D eigenvalue weighted by molar-refractivity contribution is -0.133. The molecule has 0 radical (unpaired) electrons. The van der Waals surface area contributed by atoms with Crippen LogP contribution in [0.25, 0.3) is 43.6 Å². The summed E-state index contributed by atoms with van der Waals surface area (Å²) in [6.45, 7) is 10.8. The number of nitriles is 2. The molecule has 83 heavy (non-hydrogen) atoms. The molecule has 3 amide bonds. The van der Waals surface area contributed by atoms with Crippen molar-refractivity contribution in [2.24, 2.45) is 5.73 Å². The van der Waals surface area contributed by atoms with Gasteiger partial charge in [0.15, 0.2) is 0 Å². The number of piperidine rings is 2. The zero-order chi connectivity index (χ0) is 58.5. The maximum atomic E-state index is 13.9. The fourth-order valence-electron chi connectivity index (χ4n) is 11.8. The van der Waals surface area contributed by atoms with Gasteiger partial charge >= 0.3 is 6.09 Å². The highest BCUT2D eigenvalue weighted by atomic mass is 16.6. The first-order valence-electron chi connectivity index (χ1n) is 29.2. The van der Waals surface area contributed by atoms with E-state index in [-0.39, 0.29) is 36.1 Å². The normalized spacial score (nSPS) is 16.2. The highest BCUT2D eigenvalue weighted by molar-refractivity contribution is 5.85. The van der Waals surface area contributed by atoms with Crippen LogP contribution in [-0.4, -0.2) is 118 Å². The van der Waals surface area contributed by atoms with E-state index >= 15 is 0 Å². The van der Waals surface area contributed by atoms with E-state index in [0.29, 0.717) is 69.8 Å². The summed E-state index contributed by atoms with van der Waals surface area (Å²) in [7, 11) is 3.40. The van der Waals surface area contributed by atoms with E-state index in [1.165, 1.54) is 10.8 Å². The van der Waals surface area contributed by atoms with Gasteiger partial charge < -0.3 is 44.2 Å². The molecule has 2 aliphatic heterocycles. The van der Waals surface area contributed by atoms with Crippen LogP contribution >= 0.6 is 0 Å². The topological polar surface area (TPSA) is 207 Å². The predicted molar refractivity (Wildman–Crippen MR) is 325 cm³/mol. The fraction of sp³-hybridized carbons (Fsp3) is 0.418. The molecule has 3 N–H and O–H groups in total. The van der Waals surface area contributed by atoms with Gasteiger partial charge in [-0.25, -0.2) is 14.8 Å². The number of hydrogen-bond acceptors (Lipinski definition) is 11. The number of benzene rings is 6. The number of methoxy groups -OCH3 is 2. The van der Waals surface area contributed by atoms with E-state index in [0.717, 1.165) is 107 Å². The Morgan fingerprint density at radius 1 is 0.639 bits per heavy atom. The largest absolute Gasteiger partial charge is 0.444 e.